The molecule has 1 aliphatic heterocycles. The normalized spacial score (nSPS) is 23.2. The monoisotopic (exact) mass is 335 g/mol. The molecule has 0 bridgehead atoms. The summed E-state index contributed by atoms with van der Waals surface area (Å²) >= 11 is 5.79. The van der Waals surface area contributed by atoms with Crippen LogP contribution in [0.2, 0.25) is 5.02 Å². The summed E-state index contributed by atoms with van der Waals surface area (Å²) in [5.41, 5.74) is 0. The summed E-state index contributed by atoms with van der Waals surface area (Å²) in [5, 5.41) is 19.0. The van der Waals surface area contributed by atoms with Crippen molar-refractivity contribution in [2.45, 2.75) is 23.5 Å². The lowest BCUT2D eigenvalue weighted by Crippen LogP contribution is -2.40. The zero-order valence-corrected chi connectivity index (χ0v) is 12.6. The lowest BCUT2D eigenvalue weighted by molar-refractivity contribution is -0.140. The molecule has 116 valence electrons. The minimum atomic E-state index is -4.12. The van der Waals surface area contributed by atoms with Crippen LogP contribution in [-0.2, 0) is 14.8 Å². The molecule has 0 amide bonds. The summed E-state index contributed by atoms with van der Waals surface area (Å²) in [6.45, 7) is -0.273. The maximum Gasteiger partial charge on any atom is 0.322 e. The van der Waals surface area contributed by atoms with Gasteiger partial charge >= 0.3 is 5.97 Å². The van der Waals surface area contributed by atoms with E-state index in [4.69, 9.17) is 21.4 Å². The van der Waals surface area contributed by atoms with E-state index in [1.54, 1.807) is 0 Å². The second-order valence-corrected chi connectivity index (χ2v) is 6.91. The van der Waals surface area contributed by atoms with Crippen LogP contribution in [0.1, 0.15) is 6.42 Å². The number of hydrogen-bond acceptors (Lipinski definition) is 5. The summed E-state index contributed by atoms with van der Waals surface area (Å²) in [4.78, 5) is 11.0. The number of methoxy groups -OCH3 is 1. The first kappa shape index (κ1) is 16.0. The Balaban J connectivity index is 2.49. The van der Waals surface area contributed by atoms with Crippen LogP contribution >= 0.6 is 11.6 Å². The number of ether oxygens (including phenoxy) is 1. The number of carboxylic acids is 1. The smallest absolute Gasteiger partial charge is 0.322 e. The first-order valence-electron chi connectivity index (χ1n) is 6.03. The van der Waals surface area contributed by atoms with Crippen LogP contribution in [0.15, 0.2) is 23.1 Å². The van der Waals surface area contributed by atoms with Gasteiger partial charge in [-0.15, -0.1) is 0 Å². The van der Waals surface area contributed by atoms with E-state index in [9.17, 15) is 18.3 Å². The molecule has 1 aliphatic rings. The summed E-state index contributed by atoms with van der Waals surface area (Å²) in [6.07, 6.45) is -1.16. The number of hydrogen-bond donors (Lipinski definition) is 2. The predicted octanol–water partition coefficient (Wildman–Crippen LogP) is 0.557. The fourth-order valence-corrected chi connectivity index (χ4v) is 4.19. The van der Waals surface area contributed by atoms with E-state index >= 15 is 0 Å². The van der Waals surface area contributed by atoms with Crippen molar-refractivity contribution in [2.24, 2.45) is 0 Å². The molecule has 1 saturated heterocycles. The highest BCUT2D eigenvalue weighted by atomic mass is 35.5. The molecule has 0 saturated carbocycles. The lowest BCUT2D eigenvalue weighted by Gasteiger charge is -2.21. The number of nitrogens with zero attached hydrogens (tertiary/aromatic N) is 1. The Kier molecular flexibility index (Phi) is 4.43. The van der Waals surface area contributed by atoms with Gasteiger partial charge in [0.1, 0.15) is 16.7 Å². The molecule has 7 nitrogen and oxygen atoms in total. The van der Waals surface area contributed by atoms with Gasteiger partial charge in [0, 0.05) is 24.1 Å². The van der Waals surface area contributed by atoms with Crippen molar-refractivity contribution in [3.8, 4) is 5.75 Å². The third-order valence-electron chi connectivity index (χ3n) is 3.23. The Bertz CT molecular complexity index is 662. The molecular formula is C12H14ClNO6S. The summed E-state index contributed by atoms with van der Waals surface area (Å²) < 4.78 is 31.0. The number of rotatable bonds is 4. The van der Waals surface area contributed by atoms with Gasteiger partial charge in [-0.05, 0) is 12.1 Å². The molecule has 2 rings (SSSR count). The first-order chi connectivity index (χ1) is 9.77. The lowest BCUT2D eigenvalue weighted by atomic mass is 10.2. The number of aliphatic hydroxyl groups is 1. The number of aliphatic hydroxyl groups excluding tert-OH is 1. The molecule has 0 spiro atoms. The molecule has 21 heavy (non-hydrogen) atoms. The van der Waals surface area contributed by atoms with E-state index in [-0.39, 0.29) is 23.6 Å². The minimum Gasteiger partial charge on any atom is -0.495 e. The van der Waals surface area contributed by atoms with Gasteiger partial charge in [-0.2, -0.15) is 4.31 Å². The highest BCUT2D eigenvalue weighted by Crippen LogP contribution is 2.33. The van der Waals surface area contributed by atoms with Gasteiger partial charge in [-0.1, -0.05) is 11.6 Å². The highest BCUT2D eigenvalue weighted by Gasteiger charge is 2.44. The molecule has 2 atom stereocenters. The quantitative estimate of drug-likeness (QED) is 0.833. The van der Waals surface area contributed by atoms with Crippen LogP contribution in [0.5, 0.6) is 5.75 Å². The van der Waals surface area contributed by atoms with Crippen LogP contribution in [0, 0.1) is 0 Å². The molecule has 9 heteroatoms. The maximum atomic E-state index is 12.6. The van der Waals surface area contributed by atoms with Gasteiger partial charge in [-0.3, -0.25) is 4.79 Å². The van der Waals surface area contributed by atoms with Crippen molar-refractivity contribution in [2.75, 3.05) is 13.7 Å². The largest absolute Gasteiger partial charge is 0.495 e. The number of carbonyl (C=O) groups is 1. The molecule has 2 N–H and O–H groups in total. The van der Waals surface area contributed by atoms with Gasteiger partial charge in [0.2, 0.25) is 10.0 Å². The van der Waals surface area contributed by atoms with Gasteiger partial charge in [-0.25, -0.2) is 8.42 Å². The molecule has 0 unspecified atom stereocenters. The van der Waals surface area contributed by atoms with E-state index in [1.807, 2.05) is 0 Å². The summed E-state index contributed by atoms with van der Waals surface area (Å²) in [7, 11) is -2.83. The standard InChI is InChI=1S/C12H14ClNO6S/c1-20-10-4-7(13)2-3-11(10)21(18,19)14-6-8(15)5-9(14)12(16)17/h2-4,8-9,15H,5-6H2,1H3,(H,16,17)/t8-,9-/m1/s1. The fourth-order valence-electron chi connectivity index (χ4n) is 2.26. The molecule has 0 radical (unpaired) electrons. The van der Waals surface area contributed by atoms with E-state index in [1.165, 1.54) is 25.3 Å². The van der Waals surface area contributed by atoms with Crippen LogP contribution in [0.3, 0.4) is 0 Å². The van der Waals surface area contributed by atoms with Gasteiger partial charge in [0.15, 0.2) is 0 Å². The molecule has 1 aromatic carbocycles. The molecular weight excluding hydrogens is 322 g/mol. The van der Waals surface area contributed by atoms with Crippen molar-refractivity contribution in [1.82, 2.24) is 4.31 Å². The molecule has 0 aliphatic carbocycles. The van der Waals surface area contributed by atoms with Crippen LogP contribution in [0.25, 0.3) is 0 Å². The Morgan fingerprint density at radius 3 is 2.71 bits per heavy atom. The SMILES string of the molecule is COc1cc(Cl)ccc1S(=O)(=O)N1C[C@H](O)C[C@@H]1C(=O)O. The Labute approximate surface area is 126 Å². The minimum absolute atomic E-state index is 0.0213. The maximum absolute atomic E-state index is 12.6. The number of β-amino-alcohol motifs (C(OH)–C–C–N with tert-alkyl or cyclic N) is 1. The van der Waals surface area contributed by atoms with Crippen LogP contribution in [0.4, 0.5) is 0 Å². The van der Waals surface area contributed by atoms with Crippen LogP contribution in [-0.4, -0.2) is 54.7 Å². The first-order valence-corrected chi connectivity index (χ1v) is 7.85. The Morgan fingerprint density at radius 1 is 1.48 bits per heavy atom. The van der Waals surface area contributed by atoms with Crippen molar-refractivity contribution in [3.05, 3.63) is 23.2 Å². The number of sulfonamides is 1. The van der Waals surface area contributed by atoms with E-state index in [0.717, 1.165) is 4.31 Å². The van der Waals surface area contributed by atoms with Gasteiger partial charge in [0.25, 0.3) is 0 Å². The van der Waals surface area contributed by atoms with E-state index in [0.29, 0.717) is 5.02 Å². The van der Waals surface area contributed by atoms with Crippen molar-refractivity contribution < 1.29 is 28.2 Å². The average Bonchev–Trinajstić information content (AvgIpc) is 2.81. The summed E-state index contributed by atoms with van der Waals surface area (Å²) in [6, 6.07) is 2.65. The number of aliphatic carboxylic acids is 1. The predicted molar refractivity (Wildman–Crippen MR) is 73.9 cm³/mol. The second-order valence-electron chi connectivity index (χ2n) is 4.61. The molecule has 1 fully saturated rings. The topological polar surface area (TPSA) is 104 Å². The zero-order valence-electron chi connectivity index (χ0n) is 11.1. The number of carboxylic acid groups (broad SMARTS) is 1. The van der Waals surface area contributed by atoms with Crippen molar-refractivity contribution in [1.29, 1.82) is 0 Å². The van der Waals surface area contributed by atoms with Crippen molar-refractivity contribution >= 4 is 27.6 Å². The van der Waals surface area contributed by atoms with E-state index in [2.05, 4.69) is 0 Å². The fraction of sp³-hybridized carbons (Fsp3) is 0.417. The Morgan fingerprint density at radius 2 is 2.14 bits per heavy atom. The third-order valence-corrected chi connectivity index (χ3v) is 5.38. The summed E-state index contributed by atoms with van der Waals surface area (Å²) in [5.74, 6) is -1.28. The number of benzene rings is 1. The van der Waals surface area contributed by atoms with Crippen LogP contribution < -0.4 is 4.74 Å². The van der Waals surface area contributed by atoms with E-state index < -0.39 is 28.1 Å². The zero-order chi connectivity index (χ0) is 15.8. The molecule has 1 heterocycles. The highest BCUT2D eigenvalue weighted by molar-refractivity contribution is 7.89. The van der Waals surface area contributed by atoms with Crippen molar-refractivity contribution in [3.63, 3.8) is 0 Å². The Hall–Kier alpha value is -1.35. The van der Waals surface area contributed by atoms with Gasteiger partial charge < -0.3 is 14.9 Å². The van der Waals surface area contributed by atoms with Gasteiger partial charge in [0.05, 0.1) is 13.2 Å². The third kappa shape index (κ3) is 2.98. The molecule has 1 aromatic rings. The second kappa shape index (κ2) is 5.80. The average molecular weight is 336 g/mol. The molecule has 0 aromatic heterocycles. The number of halogens is 1.